The van der Waals surface area contributed by atoms with E-state index in [0.29, 0.717) is 25.2 Å². The van der Waals surface area contributed by atoms with Crippen molar-refractivity contribution in [3.63, 3.8) is 0 Å². The Bertz CT molecular complexity index is 717. The second-order valence-corrected chi connectivity index (χ2v) is 8.80. The minimum Gasteiger partial charge on any atom is -0.444 e. The molecule has 0 bridgehead atoms. The summed E-state index contributed by atoms with van der Waals surface area (Å²) in [6.45, 7) is 12.0. The molecule has 0 atom stereocenters. The van der Waals surface area contributed by atoms with Gasteiger partial charge in [-0.1, -0.05) is 29.8 Å². The predicted octanol–water partition coefficient (Wildman–Crippen LogP) is 3.02. The van der Waals surface area contributed by atoms with E-state index in [2.05, 4.69) is 10.2 Å². The molecule has 1 aromatic rings. The number of hydrogen-bond donors (Lipinski definition) is 1. The molecule has 2 amide bonds. The molecule has 1 aromatic carbocycles. The number of ketones is 1. The summed E-state index contributed by atoms with van der Waals surface area (Å²) in [6, 6.07) is 7.41. The van der Waals surface area contributed by atoms with Crippen LogP contribution < -0.4 is 5.32 Å². The van der Waals surface area contributed by atoms with Gasteiger partial charge in [0.1, 0.15) is 5.60 Å². The smallest absolute Gasteiger partial charge is 0.410 e. The first-order valence-corrected chi connectivity index (χ1v) is 10.7. The first-order chi connectivity index (χ1) is 14.1. The van der Waals surface area contributed by atoms with Gasteiger partial charge in [-0.15, -0.1) is 0 Å². The van der Waals surface area contributed by atoms with Crippen molar-refractivity contribution < 1.29 is 19.1 Å². The van der Waals surface area contributed by atoms with Gasteiger partial charge >= 0.3 is 6.09 Å². The highest BCUT2D eigenvalue weighted by molar-refractivity contribution is 5.97. The average molecular weight is 418 g/mol. The third-order valence-corrected chi connectivity index (χ3v) is 4.95. The van der Waals surface area contributed by atoms with E-state index in [1.54, 1.807) is 17.0 Å². The van der Waals surface area contributed by atoms with Crippen LogP contribution in [-0.2, 0) is 9.53 Å². The largest absolute Gasteiger partial charge is 0.444 e. The lowest BCUT2D eigenvalue weighted by atomic mass is 10.1. The zero-order valence-corrected chi connectivity index (χ0v) is 18.7. The third-order valence-electron chi connectivity index (χ3n) is 4.95. The second-order valence-electron chi connectivity index (χ2n) is 8.80. The molecule has 1 heterocycles. The molecule has 1 aliphatic rings. The monoisotopic (exact) mass is 417 g/mol. The molecule has 2 rings (SSSR count). The van der Waals surface area contributed by atoms with Crippen LogP contribution in [0.15, 0.2) is 24.3 Å². The molecule has 7 nitrogen and oxygen atoms in total. The van der Waals surface area contributed by atoms with E-state index >= 15 is 0 Å². The van der Waals surface area contributed by atoms with Crippen LogP contribution in [0.2, 0.25) is 0 Å². The van der Waals surface area contributed by atoms with Gasteiger partial charge in [0.15, 0.2) is 5.78 Å². The van der Waals surface area contributed by atoms with Gasteiger partial charge in [-0.3, -0.25) is 14.5 Å². The van der Waals surface area contributed by atoms with Crippen molar-refractivity contribution in [1.82, 2.24) is 15.1 Å². The van der Waals surface area contributed by atoms with Crippen molar-refractivity contribution in [1.29, 1.82) is 0 Å². The van der Waals surface area contributed by atoms with E-state index < -0.39 is 5.60 Å². The summed E-state index contributed by atoms with van der Waals surface area (Å²) in [5, 5.41) is 2.89. The molecule has 0 radical (unpaired) electrons. The van der Waals surface area contributed by atoms with Gasteiger partial charge in [0, 0.05) is 51.1 Å². The SMILES string of the molecule is Cc1ccc(C(=O)CCC(=O)NCCCN2CCN(C(=O)OC(C)(C)C)CC2)cc1. The minimum absolute atomic E-state index is 0.00647. The van der Waals surface area contributed by atoms with Crippen LogP contribution >= 0.6 is 0 Å². The predicted molar refractivity (Wildman–Crippen MR) is 117 cm³/mol. The van der Waals surface area contributed by atoms with Crippen molar-refractivity contribution in [3.05, 3.63) is 35.4 Å². The lowest BCUT2D eigenvalue weighted by Gasteiger charge is -2.35. The highest BCUT2D eigenvalue weighted by Crippen LogP contribution is 2.12. The topological polar surface area (TPSA) is 79.0 Å². The first kappa shape index (κ1) is 23.9. The van der Waals surface area contributed by atoms with Crippen molar-refractivity contribution in [3.8, 4) is 0 Å². The molecule has 166 valence electrons. The van der Waals surface area contributed by atoms with E-state index in [1.807, 2.05) is 39.8 Å². The summed E-state index contributed by atoms with van der Waals surface area (Å²) >= 11 is 0. The van der Waals surface area contributed by atoms with Crippen molar-refractivity contribution >= 4 is 17.8 Å². The van der Waals surface area contributed by atoms with Crippen LogP contribution in [0.5, 0.6) is 0 Å². The Hall–Kier alpha value is -2.41. The number of nitrogens with one attached hydrogen (secondary N) is 1. The number of carbonyl (C=O) groups is 3. The average Bonchev–Trinajstić information content (AvgIpc) is 2.69. The number of aryl methyl sites for hydroxylation is 1. The Morgan fingerprint density at radius 1 is 1.00 bits per heavy atom. The summed E-state index contributed by atoms with van der Waals surface area (Å²) in [7, 11) is 0. The van der Waals surface area contributed by atoms with Crippen LogP contribution in [-0.4, -0.2) is 72.5 Å². The van der Waals surface area contributed by atoms with Crippen LogP contribution in [0.25, 0.3) is 0 Å². The maximum Gasteiger partial charge on any atom is 0.410 e. The summed E-state index contributed by atoms with van der Waals surface area (Å²) < 4.78 is 5.41. The summed E-state index contributed by atoms with van der Waals surface area (Å²) in [5.41, 5.74) is 1.28. The molecule has 0 unspecified atom stereocenters. The molecular formula is C23H35N3O4. The maximum atomic E-state index is 12.1. The molecule has 1 aliphatic heterocycles. The Labute approximate surface area is 179 Å². The maximum absolute atomic E-state index is 12.1. The minimum atomic E-state index is -0.475. The van der Waals surface area contributed by atoms with E-state index in [1.165, 1.54) is 0 Å². The van der Waals surface area contributed by atoms with E-state index in [4.69, 9.17) is 4.74 Å². The molecule has 7 heteroatoms. The number of Topliss-reactive ketones (excluding diaryl/α,β-unsaturated/α-hetero) is 1. The highest BCUT2D eigenvalue weighted by Gasteiger charge is 2.25. The normalized spacial score (nSPS) is 15.0. The standard InChI is InChI=1S/C23H35N3O4/c1-18-6-8-19(9-7-18)20(27)10-11-21(28)24-12-5-13-25-14-16-26(17-15-25)22(29)30-23(2,3)4/h6-9H,5,10-17H2,1-4H3,(H,24,28). The van der Waals surface area contributed by atoms with Gasteiger partial charge in [0.2, 0.25) is 5.91 Å². The summed E-state index contributed by atoms with van der Waals surface area (Å²) in [5.74, 6) is -0.0989. The zero-order valence-electron chi connectivity index (χ0n) is 18.7. The van der Waals surface area contributed by atoms with E-state index in [0.717, 1.165) is 31.6 Å². The number of benzene rings is 1. The molecule has 1 N–H and O–H groups in total. The quantitative estimate of drug-likeness (QED) is 0.520. The Morgan fingerprint density at radius 2 is 1.63 bits per heavy atom. The number of amides is 2. The third kappa shape index (κ3) is 8.53. The van der Waals surface area contributed by atoms with Crippen LogP contribution in [0.3, 0.4) is 0 Å². The lowest BCUT2D eigenvalue weighted by molar-refractivity contribution is -0.121. The lowest BCUT2D eigenvalue weighted by Crippen LogP contribution is -2.50. The Balaban J connectivity index is 1.56. The number of piperazine rings is 1. The van der Waals surface area contributed by atoms with Crippen LogP contribution in [0.4, 0.5) is 4.79 Å². The van der Waals surface area contributed by atoms with Gasteiger partial charge in [-0.05, 0) is 40.7 Å². The Morgan fingerprint density at radius 3 is 2.23 bits per heavy atom. The van der Waals surface area contributed by atoms with Crippen LogP contribution in [0.1, 0.15) is 56.0 Å². The molecular weight excluding hydrogens is 382 g/mol. The fourth-order valence-corrected chi connectivity index (χ4v) is 3.21. The molecule has 0 aliphatic carbocycles. The number of nitrogens with zero attached hydrogens (tertiary/aromatic N) is 2. The second kappa shape index (κ2) is 11.1. The van der Waals surface area contributed by atoms with Crippen molar-refractivity contribution in [2.24, 2.45) is 0 Å². The van der Waals surface area contributed by atoms with Gasteiger partial charge in [0.25, 0.3) is 0 Å². The number of rotatable bonds is 8. The Kier molecular flexibility index (Phi) is 8.84. The molecule has 0 spiro atoms. The number of carbonyl (C=O) groups excluding carboxylic acids is 3. The van der Waals surface area contributed by atoms with Gasteiger partial charge < -0.3 is 15.0 Å². The number of hydrogen-bond acceptors (Lipinski definition) is 5. The van der Waals surface area contributed by atoms with E-state index in [9.17, 15) is 14.4 Å². The number of ether oxygens (including phenoxy) is 1. The zero-order chi connectivity index (χ0) is 22.1. The first-order valence-electron chi connectivity index (χ1n) is 10.7. The highest BCUT2D eigenvalue weighted by atomic mass is 16.6. The van der Waals surface area contributed by atoms with Gasteiger partial charge in [0.05, 0.1) is 0 Å². The van der Waals surface area contributed by atoms with Crippen molar-refractivity contribution in [2.75, 3.05) is 39.3 Å². The summed E-state index contributed by atoms with van der Waals surface area (Å²) in [4.78, 5) is 40.2. The fourth-order valence-electron chi connectivity index (χ4n) is 3.21. The molecule has 0 aromatic heterocycles. The van der Waals surface area contributed by atoms with Gasteiger partial charge in [-0.2, -0.15) is 0 Å². The fraction of sp³-hybridized carbons (Fsp3) is 0.609. The molecule has 0 saturated carbocycles. The van der Waals surface area contributed by atoms with Crippen molar-refractivity contribution in [2.45, 2.75) is 52.6 Å². The van der Waals surface area contributed by atoms with E-state index in [-0.39, 0.29) is 30.6 Å². The molecule has 1 saturated heterocycles. The van der Waals surface area contributed by atoms with Gasteiger partial charge in [-0.25, -0.2) is 4.79 Å². The summed E-state index contributed by atoms with van der Waals surface area (Å²) in [6.07, 6.45) is 1.02. The molecule has 30 heavy (non-hydrogen) atoms. The van der Waals surface area contributed by atoms with Crippen LogP contribution in [0, 0.1) is 6.92 Å². The molecule has 1 fully saturated rings.